The molecule has 0 aromatic heterocycles. The van der Waals surface area contributed by atoms with Crippen molar-refractivity contribution in [2.45, 2.75) is 90.3 Å². The number of likely N-dealkylation sites (tertiary alicyclic amines) is 1. The molecular formula is C38H50N4O7. The Morgan fingerprint density at radius 1 is 0.878 bits per heavy atom. The van der Waals surface area contributed by atoms with Crippen LogP contribution in [0.15, 0.2) is 42.5 Å². The third kappa shape index (κ3) is 6.35. The molecule has 7 rings (SSSR count). The zero-order chi connectivity index (χ0) is 35.2. The van der Waals surface area contributed by atoms with Crippen LogP contribution >= 0.6 is 0 Å². The van der Waals surface area contributed by atoms with Crippen LogP contribution in [0.2, 0.25) is 0 Å². The van der Waals surface area contributed by atoms with Crippen molar-refractivity contribution in [3.63, 3.8) is 0 Å². The zero-order valence-corrected chi connectivity index (χ0v) is 29.2. The molecule has 11 nitrogen and oxygen atoms in total. The van der Waals surface area contributed by atoms with Crippen molar-refractivity contribution in [3.8, 4) is 0 Å². The van der Waals surface area contributed by atoms with E-state index in [0.717, 1.165) is 38.6 Å². The fourth-order valence-electron chi connectivity index (χ4n) is 10.5. The van der Waals surface area contributed by atoms with Gasteiger partial charge in [-0.05, 0) is 80.9 Å². The molecule has 1 spiro atoms. The summed E-state index contributed by atoms with van der Waals surface area (Å²) in [5, 5.41) is 33.3. The molecule has 2 aromatic carbocycles. The van der Waals surface area contributed by atoms with E-state index in [4.69, 9.17) is 0 Å². The van der Waals surface area contributed by atoms with E-state index in [1.54, 1.807) is 4.90 Å². The molecule has 3 heterocycles. The van der Waals surface area contributed by atoms with E-state index in [1.807, 2.05) is 13.0 Å². The highest BCUT2D eigenvalue weighted by Crippen LogP contribution is 2.60. The summed E-state index contributed by atoms with van der Waals surface area (Å²) < 4.78 is 0. The first-order chi connectivity index (χ1) is 23.2. The first-order valence-corrected chi connectivity index (χ1v) is 18.0. The van der Waals surface area contributed by atoms with Crippen LogP contribution in [0.25, 0.3) is 0 Å². The van der Waals surface area contributed by atoms with E-state index in [9.17, 15) is 34.9 Å². The van der Waals surface area contributed by atoms with Gasteiger partial charge in [0.15, 0.2) is 0 Å². The summed E-state index contributed by atoms with van der Waals surface area (Å²) in [6.07, 6.45) is 5.58. The smallest absolute Gasteiger partial charge is 0.225 e. The summed E-state index contributed by atoms with van der Waals surface area (Å²) in [5.74, 6) is -0.0575. The van der Waals surface area contributed by atoms with Crippen molar-refractivity contribution in [3.05, 3.63) is 90.5 Å². The van der Waals surface area contributed by atoms with Gasteiger partial charge in [0.1, 0.15) is 5.72 Å². The van der Waals surface area contributed by atoms with Crippen molar-refractivity contribution in [2.24, 2.45) is 35.5 Å². The number of hydrogen-bond acceptors (Lipinski definition) is 7. The molecule has 8 atom stereocenters. The molecular weight excluding hydrogens is 624 g/mol. The molecule has 3 unspecified atom stereocenters. The van der Waals surface area contributed by atoms with E-state index < -0.39 is 5.72 Å². The molecule has 2 saturated heterocycles. The number of amides is 2. The van der Waals surface area contributed by atoms with Crippen LogP contribution in [-0.4, -0.2) is 68.5 Å². The number of aryl methyl sites for hydroxylation is 4. The number of rotatable bonds is 8. The Kier molecular flexibility index (Phi) is 9.61. The number of fused-ring (bicyclic) bond motifs is 2. The van der Waals surface area contributed by atoms with Crippen LogP contribution in [0.3, 0.4) is 0 Å². The van der Waals surface area contributed by atoms with Crippen molar-refractivity contribution < 1.29 is 24.5 Å². The van der Waals surface area contributed by atoms with E-state index in [1.165, 1.54) is 27.8 Å². The lowest BCUT2D eigenvalue weighted by molar-refractivity contribution is -0.491. The van der Waals surface area contributed by atoms with Gasteiger partial charge in [0, 0.05) is 59.4 Å². The largest absolute Gasteiger partial charge is 0.370 e. The van der Waals surface area contributed by atoms with Gasteiger partial charge < -0.3 is 14.9 Å². The normalized spacial score (nSPS) is 32.9. The summed E-state index contributed by atoms with van der Waals surface area (Å²) in [6, 6.07) is 14.8. The van der Waals surface area contributed by atoms with Crippen LogP contribution in [0, 0.1) is 69.6 Å². The van der Waals surface area contributed by atoms with E-state index in [2.05, 4.69) is 62.1 Å². The summed E-state index contributed by atoms with van der Waals surface area (Å²) in [4.78, 5) is 50.4. The second-order valence-corrected chi connectivity index (χ2v) is 15.6. The van der Waals surface area contributed by atoms with Crippen molar-refractivity contribution in [2.75, 3.05) is 26.2 Å². The summed E-state index contributed by atoms with van der Waals surface area (Å²) in [7, 11) is 0. The second-order valence-electron chi connectivity index (χ2n) is 15.6. The fraction of sp³-hybridized carbons (Fsp3) is 0.632. The van der Waals surface area contributed by atoms with Gasteiger partial charge in [-0.2, -0.15) is 0 Å². The summed E-state index contributed by atoms with van der Waals surface area (Å²) in [5.41, 5.74) is 4.76. The lowest BCUT2D eigenvalue weighted by atomic mass is 9.76. The average Bonchev–Trinajstić information content (AvgIpc) is 3.57. The van der Waals surface area contributed by atoms with E-state index in [0.29, 0.717) is 19.4 Å². The molecule has 2 aromatic rings. The maximum Gasteiger partial charge on any atom is 0.225 e. The molecule has 1 N–H and O–H groups in total. The molecule has 2 amide bonds. The van der Waals surface area contributed by atoms with Crippen molar-refractivity contribution in [1.82, 2.24) is 9.80 Å². The summed E-state index contributed by atoms with van der Waals surface area (Å²) >= 11 is 0. The van der Waals surface area contributed by atoms with E-state index in [-0.39, 0.29) is 82.2 Å². The molecule has 5 aliphatic rings. The minimum Gasteiger partial charge on any atom is -0.370 e. The maximum absolute atomic E-state index is 12.7. The number of aliphatic hydroxyl groups is 1. The molecule has 0 radical (unpaired) electrons. The Labute approximate surface area is 288 Å². The minimum absolute atomic E-state index is 0.0128. The second kappa shape index (κ2) is 13.5. The Morgan fingerprint density at radius 2 is 1.53 bits per heavy atom. The third-order valence-corrected chi connectivity index (χ3v) is 12.5. The maximum atomic E-state index is 12.7. The number of hydrogen-bond donors (Lipinski definition) is 1. The Bertz CT molecular complexity index is 1630. The molecule has 49 heavy (non-hydrogen) atoms. The SMILES string of the molecule is Cc1ccc2c(c1)CCCN1C(=O)CC3[C@H](C[N+](=O)[O-])[C@@H](C)C[C@]231.Cc1cccc(CCCN2C(=O)CC3[C@H](C[N+](=O)[O-])[C@@H](C)CC32O)c1. The molecule has 264 valence electrons. The highest BCUT2D eigenvalue weighted by atomic mass is 16.6. The monoisotopic (exact) mass is 674 g/mol. The first-order valence-electron chi connectivity index (χ1n) is 18.0. The quantitative estimate of drug-likeness (QED) is 0.295. The molecule has 0 bridgehead atoms. The van der Waals surface area contributed by atoms with Gasteiger partial charge in [-0.1, -0.05) is 67.4 Å². The van der Waals surface area contributed by atoms with Crippen LogP contribution in [0.4, 0.5) is 0 Å². The fourth-order valence-corrected chi connectivity index (χ4v) is 10.5. The van der Waals surface area contributed by atoms with Crippen molar-refractivity contribution >= 4 is 11.8 Å². The number of benzene rings is 2. The average molecular weight is 675 g/mol. The highest BCUT2D eigenvalue weighted by molar-refractivity contribution is 5.82. The van der Waals surface area contributed by atoms with Crippen LogP contribution in [0.5, 0.6) is 0 Å². The van der Waals surface area contributed by atoms with Crippen molar-refractivity contribution in [1.29, 1.82) is 0 Å². The predicted octanol–water partition coefficient (Wildman–Crippen LogP) is 5.32. The molecule has 2 saturated carbocycles. The van der Waals surface area contributed by atoms with Gasteiger partial charge in [0.25, 0.3) is 0 Å². The standard InChI is InChI=1S/C19H26N2O4.C19H24N2O3/c1-13-5-3-6-15(9-13)7-4-8-20-18(22)10-17-16(12-21(24)25)14(2)11-19(17,20)23;1-12-5-6-16-14(8-12)4-3-7-20-18(22)9-17-15(11-21(23)24)13(2)10-19(16,17)20/h3,5-6,9,14,16-17,23H,4,7-8,10-12H2,1-2H3;5-6,8,13,15,17H,3-4,7,9-11H2,1-2H3/t14-,16+,17?,19?;13-,15+,17?,19-/m00/s1. The lowest BCUT2D eigenvalue weighted by Crippen LogP contribution is -2.48. The molecule has 11 heteroatoms. The minimum atomic E-state index is -1.20. The summed E-state index contributed by atoms with van der Waals surface area (Å²) in [6.45, 7) is 9.32. The zero-order valence-electron chi connectivity index (χ0n) is 29.2. The van der Waals surface area contributed by atoms with E-state index >= 15 is 0 Å². The first kappa shape index (κ1) is 35.0. The third-order valence-electron chi connectivity index (χ3n) is 12.5. The predicted molar refractivity (Wildman–Crippen MR) is 184 cm³/mol. The molecule has 4 fully saturated rings. The number of carbonyl (C=O) groups excluding carboxylic acids is 2. The lowest BCUT2D eigenvalue weighted by Gasteiger charge is -2.39. The Morgan fingerprint density at radius 3 is 2.22 bits per heavy atom. The van der Waals surface area contributed by atoms with Gasteiger partial charge in [-0.15, -0.1) is 0 Å². The topological polar surface area (TPSA) is 147 Å². The van der Waals surface area contributed by atoms with Gasteiger partial charge in [-0.3, -0.25) is 29.8 Å². The van der Waals surface area contributed by atoms with Gasteiger partial charge in [0.05, 0.1) is 5.54 Å². The van der Waals surface area contributed by atoms with Gasteiger partial charge >= 0.3 is 0 Å². The molecule has 3 aliphatic heterocycles. The van der Waals surface area contributed by atoms with Crippen LogP contribution in [-0.2, 0) is 28.0 Å². The highest BCUT2D eigenvalue weighted by Gasteiger charge is 2.64. The number of nitro groups is 2. The van der Waals surface area contributed by atoms with Crippen LogP contribution < -0.4 is 0 Å². The Hall–Kier alpha value is -3.86. The van der Waals surface area contributed by atoms with Gasteiger partial charge in [0.2, 0.25) is 24.9 Å². The Balaban J connectivity index is 0.000000170. The van der Waals surface area contributed by atoms with Gasteiger partial charge in [-0.25, -0.2) is 0 Å². The van der Waals surface area contributed by atoms with Crippen LogP contribution in [0.1, 0.15) is 80.2 Å². The number of carbonyl (C=O) groups is 2. The number of nitrogens with zero attached hydrogens (tertiary/aromatic N) is 4. The molecule has 2 aliphatic carbocycles.